The minimum absolute atomic E-state index is 0.166. The number of benzene rings is 2. The lowest BCUT2D eigenvalue weighted by atomic mass is 9.84. The lowest BCUT2D eigenvalue weighted by Gasteiger charge is -2.30. The molecule has 2 aromatic carbocycles. The number of hydrogen-bond acceptors (Lipinski definition) is 4. The highest BCUT2D eigenvalue weighted by Gasteiger charge is 2.48. The van der Waals surface area contributed by atoms with E-state index in [0.717, 1.165) is 0 Å². The van der Waals surface area contributed by atoms with Crippen molar-refractivity contribution in [1.82, 2.24) is 10.6 Å². The van der Waals surface area contributed by atoms with Gasteiger partial charge in [0.2, 0.25) is 5.91 Å². The van der Waals surface area contributed by atoms with Crippen LogP contribution < -0.4 is 10.6 Å². The summed E-state index contributed by atoms with van der Waals surface area (Å²) in [6.45, 7) is 5.50. The van der Waals surface area contributed by atoms with E-state index in [1.54, 1.807) is 38.1 Å². The summed E-state index contributed by atoms with van der Waals surface area (Å²) in [5.41, 5.74) is -2.45. The number of carbonyl (C=O) groups excluding carboxylic acids is 1. The fourth-order valence-corrected chi connectivity index (χ4v) is 4.08. The third-order valence-electron chi connectivity index (χ3n) is 6.75. The van der Waals surface area contributed by atoms with Crippen LogP contribution >= 0.6 is 0 Å². The van der Waals surface area contributed by atoms with Crippen LogP contribution in [-0.2, 0) is 15.0 Å². The number of carboxylic acids is 1. The Balaban J connectivity index is 1.85. The topological polar surface area (TPSA) is 102 Å². The highest BCUT2D eigenvalue weighted by molar-refractivity contribution is 5.83. The van der Waals surface area contributed by atoms with Gasteiger partial charge < -0.3 is 10.4 Å². The molecule has 0 aliphatic heterocycles. The molecule has 0 bridgehead atoms. The molecule has 38 heavy (non-hydrogen) atoms. The number of halogens is 4. The minimum atomic E-state index is -4.79. The van der Waals surface area contributed by atoms with Gasteiger partial charge in [0.15, 0.2) is 0 Å². The number of alkyl halides is 4. The van der Waals surface area contributed by atoms with Gasteiger partial charge in [-0.2, -0.15) is 18.4 Å². The second kappa shape index (κ2) is 10.4. The summed E-state index contributed by atoms with van der Waals surface area (Å²) in [4.78, 5) is 24.3. The van der Waals surface area contributed by atoms with Crippen molar-refractivity contribution >= 4 is 11.9 Å². The van der Waals surface area contributed by atoms with Crippen LogP contribution in [0.1, 0.15) is 64.1 Å². The van der Waals surface area contributed by atoms with Gasteiger partial charge in [0.05, 0.1) is 17.5 Å². The zero-order valence-corrected chi connectivity index (χ0v) is 21.6. The Morgan fingerprint density at radius 2 is 1.47 bits per heavy atom. The van der Waals surface area contributed by atoms with Crippen LogP contribution in [0.3, 0.4) is 0 Å². The molecule has 10 heteroatoms. The number of rotatable bonds is 10. The van der Waals surface area contributed by atoms with Crippen LogP contribution in [-0.4, -0.2) is 40.4 Å². The summed E-state index contributed by atoms with van der Waals surface area (Å²) in [5, 5.41) is 23.4. The van der Waals surface area contributed by atoms with Gasteiger partial charge in [-0.05, 0) is 62.8 Å². The third kappa shape index (κ3) is 6.90. The lowest BCUT2D eigenvalue weighted by Crippen LogP contribution is -2.53. The molecular weight excluding hydrogens is 502 g/mol. The maximum absolute atomic E-state index is 14.5. The summed E-state index contributed by atoms with van der Waals surface area (Å²) in [5.74, 6) is -1.84. The van der Waals surface area contributed by atoms with E-state index in [-0.39, 0.29) is 5.56 Å². The first-order chi connectivity index (χ1) is 17.5. The molecule has 2 atom stereocenters. The van der Waals surface area contributed by atoms with Gasteiger partial charge >= 0.3 is 12.1 Å². The SMILES string of the molecule is CC(C)(F)C[C@H](N[C@@H](c1ccc(-c2ccc(C(C)(C)C(=O)O)cc2)cc1)C(F)(F)F)C(=O)NC1(C#N)CC1. The molecular formula is C28H31F4N3O3. The number of nitrogens with one attached hydrogen (secondary N) is 2. The number of aliphatic carboxylic acids is 1. The Kier molecular flexibility index (Phi) is 7.94. The fourth-order valence-electron chi connectivity index (χ4n) is 4.08. The number of nitrogens with zero attached hydrogens (tertiary/aromatic N) is 1. The monoisotopic (exact) mass is 533 g/mol. The molecule has 1 amide bonds. The Hall–Kier alpha value is -3.45. The molecule has 6 nitrogen and oxygen atoms in total. The largest absolute Gasteiger partial charge is 0.481 e. The smallest absolute Gasteiger partial charge is 0.407 e. The fraction of sp³-hybridized carbons (Fsp3) is 0.464. The van der Waals surface area contributed by atoms with E-state index in [9.17, 15) is 37.5 Å². The van der Waals surface area contributed by atoms with Crippen LogP contribution in [0.2, 0.25) is 0 Å². The summed E-state index contributed by atoms with van der Waals surface area (Å²) in [6, 6.07) is 10.4. The molecule has 1 fully saturated rings. The van der Waals surface area contributed by atoms with E-state index < -0.39 is 53.2 Å². The number of hydrogen-bond donors (Lipinski definition) is 3. The van der Waals surface area contributed by atoms with Crippen LogP contribution in [0.4, 0.5) is 17.6 Å². The summed E-state index contributed by atoms with van der Waals surface area (Å²) in [7, 11) is 0. The van der Waals surface area contributed by atoms with Gasteiger partial charge in [-0.1, -0.05) is 48.5 Å². The van der Waals surface area contributed by atoms with Crippen molar-refractivity contribution in [3.05, 3.63) is 59.7 Å². The Morgan fingerprint density at radius 3 is 1.87 bits per heavy atom. The third-order valence-corrected chi connectivity index (χ3v) is 6.75. The van der Waals surface area contributed by atoms with E-state index in [2.05, 4.69) is 10.6 Å². The van der Waals surface area contributed by atoms with Crippen molar-refractivity contribution in [2.45, 2.75) is 81.8 Å². The van der Waals surface area contributed by atoms with Crippen LogP contribution in [0, 0.1) is 11.3 Å². The lowest BCUT2D eigenvalue weighted by molar-refractivity contribution is -0.161. The van der Waals surface area contributed by atoms with E-state index in [1.165, 1.54) is 38.1 Å². The molecule has 204 valence electrons. The maximum Gasteiger partial charge on any atom is 0.407 e. The van der Waals surface area contributed by atoms with Crippen molar-refractivity contribution < 1.29 is 32.3 Å². The molecule has 0 heterocycles. The predicted octanol–water partition coefficient (Wildman–Crippen LogP) is 5.59. The van der Waals surface area contributed by atoms with Gasteiger partial charge in [-0.15, -0.1) is 0 Å². The summed E-state index contributed by atoms with van der Waals surface area (Å²) < 4.78 is 56.9. The van der Waals surface area contributed by atoms with Crippen molar-refractivity contribution in [3.63, 3.8) is 0 Å². The van der Waals surface area contributed by atoms with E-state index in [4.69, 9.17) is 0 Å². The molecule has 1 aliphatic rings. The summed E-state index contributed by atoms with van der Waals surface area (Å²) >= 11 is 0. The Morgan fingerprint density at radius 1 is 0.974 bits per heavy atom. The van der Waals surface area contributed by atoms with Gasteiger partial charge in [0.1, 0.15) is 17.2 Å². The summed E-state index contributed by atoms with van der Waals surface area (Å²) in [6.07, 6.45) is -4.54. The van der Waals surface area contributed by atoms with Gasteiger partial charge in [0, 0.05) is 6.42 Å². The first kappa shape index (κ1) is 29.1. The Labute approximate surface area is 219 Å². The highest BCUT2D eigenvalue weighted by atomic mass is 19.4. The Bertz CT molecular complexity index is 1210. The predicted molar refractivity (Wildman–Crippen MR) is 134 cm³/mol. The average Bonchev–Trinajstić information content (AvgIpc) is 3.60. The second-order valence-corrected chi connectivity index (χ2v) is 10.9. The van der Waals surface area contributed by atoms with E-state index >= 15 is 0 Å². The molecule has 2 aromatic rings. The van der Waals surface area contributed by atoms with Gasteiger partial charge in [-0.3, -0.25) is 14.9 Å². The average molecular weight is 534 g/mol. The molecule has 1 saturated carbocycles. The molecule has 0 saturated heterocycles. The zero-order chi connectivity index (χ0) is 28.5. The molecule has 0 unspecified atom stereocenters. The van der Waals surface area contributed by atoms with Crippen LogP contribution in [0.25, 0.3) is 11.1 Å². The van der Waals surface area contributed by atoms with Crippen molar-refractivity contribution in [3.8, 4) is 17.2 Å². The van der Waals surface area contributed by atoms with Crippen molar-refractivity contribution in [2.24, 2.45) is 0 Å². The van der Waals surface area contributed by atoms with E-state index in [1.807, 2.05) is 6.07 Å². The molecule has 3 N–H and O–H groups in total. The van der Waals surface area contributed by atoms with Crippen LogP contribution in [0.15, 0.2) is 48.5 Å². The first-order valence-corrected chi connectivity index (χ1v) is 12.2. The number of amides is 1. The first-order valence-electron chi connectivity index (χ1n) is 12.2. The number of carboxylic acid groups (broad SMARTS) is 1. The molecule has 0 radical (unpaired) electrons. The number of nitriles is 1. The molecule has 0 spiro atoms. The second-order valence-electron chi connectivity index (χ2n) is 10.9. The van der Waals surface area contributed by atoms with E-state index in [0.29, 0.717) is 29.5 Å². The molecule has 3 rings (SSSR count). The highest BCUT2D eigenvalue weighted by Crippen LogP contribution is 2.37. The van der Waals surface area contributed by atoms with Crippen molar-refractivity contribution in [2.75, 3.05) is 0 Å². The quantitative estimate of drug-likeness (QED) is 0.346. The van der Waals surface area contributed by atoms with Gasteiger partial charge in [0.25, 0.3) is 0 Å². The van der Waals surface area contributed by atoms with Crippen molar-refractivity contribution in [1.29, 1.82) is 5.26 Å². The maximum atomic E-state index is 14.5. The molecule has 1 aliphatic carbocycles. The van der Waals surface area contributed by atoms with Gasteiger partial charge in [-0.25, -0.2) is 4.39 Å². The molecule has 0 aromatic heterocycles. The van der Waals surface area contributed by atoms with Crippen LogP contribution in [0.5, 0.6) is 0 Å². The zero-order valence-electron chi connectivity index (χ0n) is 21.6. The standard InChI is InChI=1S/C28H31F4N3O3/c1-25(2,29)15-21(23(36)35-27(16-33)13-14-27)34-22(28(30,31)32)19-7-5-17(6-8-19)18-9-11-20(12-10-18)26(3,4)24(37)38/h5-12,21-22,34H,13-15H2,1-4H3,(H,35,36)(H,37,38)/t21-,22-/m0/s1. The normalized spacial score (nSPS) is 16.7. The minimum Gasteiger partial charge on any atom is -0.481 e. The number of carbonyl (C=O) groups is 2.